The topological polar surface area (TPSA) is 12.0 Å². The molecule has 1 aromatic heterocycles. The summed E-state index contributed by atoms with van der Waals surface area (Å²) in [4.78, 5) is 0. The van der Waals surface area contributed by atoms with Gasteiger partial charge in [0.2, 0.25) is 0 Å². The zero-order valence-electron chi connectivity index (χ0n) is 11.0. The summed E-state index contributed by atoms with van der Waals surface area (Å²) in [5.74, 6) is 0. The maximum Gasteiger partial charge on any atom is 0.00439 e. The van der Waals surface area contributed by atoms with Crippen LogP contribution in [0.25, 0.3) is 0 Å². The van der Waals surface area contributed by atoms with Crippen LogP contribution in [-0.2, 0) is 6.42 Å². The van der Waals surface area contributed by atoms with Crippen molar-refractivity contribution in [1.82, 2.24) is 5.32 Å². The average molecular weight is 239 g/mol. The lowest BCUT2D eigenvalue weighted by atomic mass is 9.81. The van der Waals surface area contributed by atoms with E-state index in [-0.39, 0.29) is 0 Å². The van der Waals surface area contributed by atoms with Crippen molar-refractivity contribution in [1.29, 1.82) is 0 Å². The Labute approximate surface area is 104 Å². The van der Waals surface area contributed by atoms with Crippen LogP contribution in [-0.4, -0.2) is 12.6 Å². The smallest absolute Gasteiger partial charge is 0.00439 e. The Balaban J connectivity index is 2.38. The first kappa shape index (κ1) is 13.7. The number of thiophene rings is 1. The van der Waals surface area contributed by atoms with Crippen molar-refractivity contribution in [3.8, 4) is 0 Å². The van der Waals surface area contributed by atoms with Crippen molar-refractivity contribution >= 4 is 11.3 Å². The Morgan fingerprint density at radius 2 is 2.19 bits per heavy atom. The third-order valence-corrected chi connectivity index (χ3v) is 3.60. The van der Waals surface area contributed by atoms with E-state index in [1.807, 2.05) is 0 Å². The zero-order chi connectivity index (χ0) is 12.0. The number of nitrogens with one attached hydrogen (secondary N) is 1. The molecule has 0 bridgehead atoms. The van der Waals surface area contributed by atoms with Gasteiger partial charge in [-0.15, -0.1) is 0 Å². The van der Waals surface area contributed by atoms with Gasteiger partial charge in [-0.2, -0.15) is 11.3 Å². The maximum atomic E-state index is 3.57. The number of rotatable bonds is 7. The fourth-order valence-corrected chi connectivity index (χ4v) is 2.98. The minimum atomic E-state index is 0.390. The van der Waals surface area contributed by atoms with Gasteiger partial charge in [-0.05, 0) is 60.5 Å². The lowest BCUT2D eigenvalue weighted by molar-refractivity contribution is 0.287. The predicted octanol–water partition coefficient (Wildman–Crippen LogP) is 4.10. The van der Waals surface area contributed by atoms with Crippen LogP contribution in [0.1, 0.15) is 46.1 Å². The summed E-state index contributed by atoms with van der Waals surface area (Å²) in [6.45, 7) is 10.4. The molecule has 0 aliphatic rings. The van der Waals surface area contributed by atoms with Gasteiger partial charge < -0.3 is 5.32 Å². The van der Waals surface area contributed by atoms with E-state index in [0.29, 0.717) is 11.5 Å². The van der Waals surface area contributed by atoms with Crippen LogP contribution in [0.15, 0.2) is 16.8 Å². The highest BCUT2D eigenvalue weighted by molar-refractivity contribution is 7.07. The first-order valence-electron chi connectivity index (χ1n) is 6.28. The first-order valence-corrected chi connectivity index (χ1v) is 7.22. The second-order valence-corrected chi connectivity index (χ2v) is 6.31. The molecular formula is C14H25NS. The highest BCUT2D eigenvalue weighted by atomic mass is 32.1. The van der Waals surface area contributed by atoms with E-state index in [4.69, 9.17) is 0 Å². The van der Waals surface area contributed by atoms with Crippen LogP contribution in [0.2, 0.25) is 0 Å². The molecule has 0 amide bonds. The Bertz CT molecular complexity index is 277. The van der Waals surface area contributed by atoms with Crippen LogP contribution >= 0.6 is 11.3 Å². The van der Waals surface area contributed by atoms with Crippen molar-refractivity contribution < 1.29 is 0 Å². The van der Waals surface area contributed by atoms with Gasteiger partial charge in [-0.1, -0.05) is 20.8 Å². The van der Waals surface area contributed by atoms with Gasteiger partial charge in [0, 0.05) is 6.04 Å². The van der Waals surface area contributed by atoms with Gasteiger partial charge in [0.15, 0.2) is 0 Å². The molecule has 1 nitrogen and oxygen atoms in total. The van der Waals surface area contributed by atoms with E-state index < -0.39 is 0 Å². The molecule has 0 aliphatic carbocycles. The van der Waals surface area contributed by atoms with Crippen molar-refractivity contribution in [2.24, 2.45) is 5.41 Å². The average Bonchev–Trinajstić information content (AvgIpc) is 2.65. The molecule has 1 unspecified atom stereocenters. The summed E-state index contributed by atoms with van der Waals surface area (Å²) in [6.07, 6.45) is 3.65. The second-order valence-electron chi connectivity index (χ2n) is 5.53. The van der Waals surface area contributed by atoms with Crippen molar-refractivity contribution in [2.75, 3.05) is 6.54 Å². The Morgan fingerprint density at radius 3 is 2.75 bits per heavy atom. The molecule has 92 valence electrons. The van der Waals surface area contributed by atoms with E-state index in [1.54, 1.807) is 11.3 Å². The zero-order valence-corrected chi connectivity index (χ0v) is 11.9. The number of hydrogen-bond acceptors (Lipinski definition) is 2. The molecule has 2 heteroatoms. The van der Waals surface area contributed by atoms with Gasteiger partial charge in [-0.3, -0.25) is 0 Å². The van der Waals surface area contributed by atoms with E-state index in [2.05, 4.69) is 49.8 Å². The fourth-order valence-electron chi connectivity index (χ4n) is 2.31. The maximum absolute atomic E-state index is 3.57. The molecule has 0 aliphatic heterocycles. The summed E-state index contributed by atoms with van der Waals surface area (Å²) in [5, 5.41) is 8.01. The van der Waals surface area contributed by atoms with Crippen molar-refractivity contribution in [2.45, 2.75) is 53.0 Å². The van der Waals surface area contributed by atoms with E-state index in [0.717, 1.165) is 6.54 Å². The third-order valence-electron chi connectivity index (χ3n) is 2.86. The Hall–Kier alpha value is -0.340. The first-order chi connectivity index (χ1) is 7.53. The summed E-state index contributed by atoms with van der Waals surface area (Å²) in [6, 6.07) is 2.87. The molecule has 0 spiro atoms. The van der Waals surface area contributed by atoms with E-state index >= 15 is 0 Å². The van der Waals surface area contributed by atoms with Crippen molar-refractivity contribution in [3.63, 3.8) is 0 Å². The Morgan fingerprint density at radius 1 is 1.44 bits per heavy atom. The summed E-state index contributed by atoms with van der Waals surface area (Å²) < 4.78 is 0. The normalized spacial score (nSPS) is 14.0. The molecule has 16 heavy (non-hydrogen) atoms. The minimum absolute atomic E-state index is 0.390. The lowest BCUT2D eigenvalue weighted by Gasteiger charge is -2.28. The molecular weight excluding hydrogens is 214 g/mol. The van der Waals surface area contributed by atoms with E-state index in [9.17, 15) is 0 Å². The molecule has 0 saturated carbocycles. The van der Waals surface area contributed by atoms with Crippen LogP contribution in [0.4, 0.5) is 0 Å². The third kappa shape index (κ3) is 5.13. The highest BCUT2D eigenvalue weighted by Gasteiger charge is 2.21. The predicted molar refractivity (Wildman–Crippen MR) is 74.2 cm³/mol. The number of hydrogen-bond donors (Lipinski definition) is 1. The van der Waals surface area contributed by atoms with Gasteiger partial charge in [-0.25, -0.2) is 0 Å². The van der Waals surface area contributed by atoms with Crippen LogP contribution in [0.3, 0.4) is 0 Å². The van der Waals surface area contributed by atoms with Crippen molar-refractivity contribution in [3.05, 3.63) is 22.4 Å². The fraction of sp³-hybridized carbons (Fsp3) is 0.714. The van der Waals surface area contributed by atoms with Crippen LogP contribution < -0.4 is 5.32 Å². The van der Waals surface area contributed by atoms with Gasteiger partial charge >= 0.3 is 0 Å². The molecule has 0 saturated heterocycles. The largest absolute Gasteiger partial charge is 0.314 e. The molecule has 0 fully saturated rings. The van der Waals surface area contributed by atoms with Crippen LogP contribution in [0, 0.1) is 5.41 Å². The molecule has 1 heterocycles. The second kappa shape index (κ2) is 6.41. The molecule has 1 atom stereocenters. The monoisotopic (exact) mass is 239 g/mol. The summed E-state index contributed by atoms with van der Waals surface area (Å²) in [7, 11) is 0. The van der Waals surface area contributed by atoms with E-state index in [1.165, 1.54) is 24.8 Å². The quantitative estimate of drug-likeness (QED) is 0.755. The van der Waals surface area contributed by atoms with Crippen LogP contribution in [0.5, 0.6) is 0 Å². The molecule has 1 N–H and O–H groups in total. The van der Waals surface area contributed by atoms with Gasteiger partial charge in [0.05, 0.1) is 0 Å². The Kier molecular flexibility index (Phi) is 5.50. The summed E-state index contributed by atoms with van der Waals surface area (Å²) >= 11 is 1.80. The molecule has 1 aromatic rings. The highest BCUT2D eigenvalue weighted by Crippen LogP contribution is 2.28. The SMILES string of the molecule is CCCNC(C)CC(C)(C)Cc1ccsc1. The molecule has 1 rings (SSSR count). The molecule has 0 radical (unpaired) electrons. The lowest BCUT2D eigenvalue weighted by Crippen LogP contribution is -2.32. The minimum Gasteiger partial charge on any atom is -0.314 e. The summed E-state index contributed by atoms with van der Waals surface area (Å²) in [5.41, 5.74) is 1.87. The molecule has 0 aromatic carbocycles. The van der Waals surface area contributed by atoms with Gasteiger partial charge in [0.25, 0.3) is 0 Å². The van der Waals surface area contributed by atoms with Gasteiger partial charge in [0.1, 0.15) is 0 Å². The standard InChI is InChI=1S/C14H25NS/c1-5-7-15-12(2)9-14(3,4)10-13-6-8-16-11-13/h6,8,11-12,15H,5,7,9-10H2,1-4H3.